The van der Waals surface area contributed by atoms with Crippen LogP contribution in [0.1, 0.15) is 31.3 Å². The molecule has 20 heavy (non-hydrogen) atoms. The molecule has 2 N–H and O–H groups in total. The standard InChI is InChI=1S/C15H20N2O2S/c1-10(16-9-15(18)7-8-19-11(15)2)14-17-12-5-3-4-6-13(12)20-14/h3-6,10-11,16,18H,7-9H2,1-2H3. The third-order valence-corrected chi connectivity index (χ3v) is 5.27. The van der Waals surface area contributed by atoms with Gasteiger partial charge in [0.15, 0.2) is 0 Å². The summed E-state index contributed by atoms with van der Waals surface area (Å²) in [4.78, 5) is 4.64. The first-order valence-corrected chi connectivity index (χ1v) is 7.83. The average Bonchev–Trinajstić information content (AvgIpc) is 3.01. The van der Waals surface area contributed by atoms with Gasteiger partial charge in [-0.3, -0.25) is 0 Å². The second kappa shape index (κ2) is 5.41. The largest absolute Gasteiger partial charge is 0.386 e. The fourth-order valence-electron chi connectivity index (χ4n) is 2.50. The Labute approximate surface area is 122 Å². The SMILES string of the molecule is CC(NCC1(O)CCOC1C)c1nc2ccccc2s1. The summed E-state index contributed by atoms with van der Waals surface area (Å²) < 4.78 is 6.65. The third kappa shape index (κ3) is 2.59. The molecule has 0 saturated carbocycles. The van der Waals surface area contributed by atoms with Gasteiger partial charge in [0.25, 0.3) is 0 Å². The van der Waals surface area contributed by atoms with Crippen molar-refractivity contribution in [1.82, 2.24) is 10.3 Å². The number of para-hydroxylation sites is 1. The predicted molar refractivity (Wildman–Crippen MR) is 81.0 cm³/mol. The second-order valence-electron chi connectivity index (χ2n) is 5.49. The number of thiazole rings is 1. The van der Waals surface area contributed by atoms with Crippen LogP contribution in [0.4, 0.5) is 0 Å². The first-order valence-electron chi connectivity index (χ1n) is 7.01. The molecule has 1 aromatic heterocycles. The average molecular weight is 292 g/mol. The molecule has 1 aromatic carbocycles. The van der Waals surface area contributed by atoms with Gasteiger partial charge in [-0.1, -0.05) is 12.1 Å². The Morgan fingerprint density at radius 3 is 3.05 bits per heavy atom. The van der Waals surface area contributed by atoms with Gasteiger partial charge < -0.3 is 15.2 Å². The summed E-state index contributed by atoms with van der Waals surface area (Å²) in [6.45, 7) is 5.18. The lowest BCUT2D eigenvalue weighted by molar-refractivity contribution is -0.0274. The van der Waals surface area contributed by atoms with Crippen LogP contribution >= 0.6 is 11.3 Å². The maximum atomic E-state index is 10.5. The number of aliphatic hydroxyl groups is 1. The van der Waals surface area contributed by atoms with E-state index in [4.69, 9.17) is 4.74 Å². The smallest absolute Gasteiger partial charge is 0.111 e. The van der Waals surface area contributed by atoms with Crippen LogP contribution in [0.3, 0.4) is 0 Å². The molecular formula is C15H20N2O2S. The van der Waals surface area contributed by atoms with E-state index < -0.39 is 5.60 Å². The molecule has 2 aromatic rings. The molecule has 3 atom stereocenters. The van der Waals surface area contributed by atoms with Gasteiger partial charge in [-0.25, -0.2) is 4.98 Å². The Balaban J connectivity index is 1.68. The van der Waals surface area contributed by atoms with E-state index in [1.807, 2.05) is 25.1 Å². The zero-order chi connectivity index (χ0) is 14.2. The van der Waals surface area contributed by atoms with E-state index in [-0.39, 0.29) is 12.1 Å². The number of ether oxygens (including phenoxy) is 1. The van der Waals surface area contributed by atoms with Crippen molar-refractivity contribution in [3.63, 3.8) is 0 Å². The van der Waals surface area contributed by atoms with Crippen molar-refractivity contribution in [3.05, 3.63) is 29.3 Å². The van der Waals surface area contributed by atoms with Gasteiger partial charge >= 0.3 is 0 Å². The summed E-state index contributed by atoms with van der Waals surface area (Å²) >= 11 is 1.70. The van der Waals surface area contributed by atoms with Gasteiger partial charge in [0.1, 0.15) is 10.6 Å². The quantitative estimate of drug-likeness (QED) is 0.909. The molecule has 0 bridgehead atoms. The van der Waals surface area contributed by atoms with Gasteiger partial charge in [0, 0.05) is 19.6 Å². The molecule has 3 rings (SSSR count). The van der Waals surface area contributed by atoms with Gasteiger partial charge in [0.05, 0.1) is 22.4 Å². The molecule has 108 valence electrons. The number of aromatic nitrogens is 1. The Hall–Kier alpha value is -1.01. The lowest BCUT2D eigenvalue weighted by Gasteiger charge is -2.27. The van der Waals surface area contributed by atoms with E-state index in [1.165, 1.54) is 4.70 Å². The van der Waals surface area contributed by atoms with E-state index in [2.05, 4.69) is 23.3 Å². The van der Waals surface area contributed by atoms with Crippen LogP contribution in [-0.2, 0) is 4.74 Å². The minimum Gasteiger partial charge on any atom is -0.386 e. The minimum atomic E-state index is -0.759. The minimum absolute atomic E-state index is 0.113. The monoisotopic (exact) mass is 292 g/mol. The maximum absolute atomic E-state index is 10.5. The number of hydrogen-bond donors (Lipinski definition) is 2. The van der Waals surface area contributed by atoms with Crippen LogP contribution in [0.5, 0.6) is 0 Å². The molecule has 0 aliphatic carbocycles. The van der Waals surface area contributed by atoms with Crippen molar-refractivity contribution in [1.29, 1.82) is 0 Å². The van der Waals surface area contributed by atoms with Crippen molar-refractivity contribution in [2.45, 2.75) is 38.0 Å². The zero-order valence-electron chi connectivity index (χ0n) is 11.8. The Morgan fingerprint density at radius 1 is 1.55 bits per heavy atom. The highest BCUT2D eigenvalue weighted by molar-refractivity contribution is 7.18. The van der Waals surface area contributed by atoms with Crippen LogP contribution < -0.4 is 5.32 Å². The number of nitrogens with zero attached hydrogens (tertiary/aromatic N) is 1. The van der Waals surface area contributed by atoms with E-state index in [0.29, 0.717) is 19.6 Å². The second-order valence-corrected chi connectivity index (χ2v) is 6.55. The molecule has 1 aliphatic heterocycles. The number of fused-ring (bicyclic) bond motifs is 1. The highest BCUT2D eigenvalue weighted by atomic mass is 32.1. The van der Waals surface area contributed by atoms with Gasteiger partial charge in [-0.15, -0.1) is 11.3 Å². The molecule has 3 unspecified atom stereocenters. The number of nitrogens with one attached hydrogen (secondary N) is 1. The van der Waals surface area contributed by atoms with E-state index in [0.717, 1.165) is 10.5 Å². The van der Waals surface area contributed by atoms with Crippen molar-refractivity contribution < 1.29 is 9.84 Å². The van der Waals surface area contributed by atoms with Crippen molar-refractivity contribution in [3.8, 4) is 0 Å². The Morgan fingerprint density at radius 2 is 2.35 bits per heavy atom. The molecule has 0 spiro atoms. The van der Waals surface area contributed by atoms with Gasteiger partial charge in [-0.05, 0) is 26.0 Å². The fraction of sp³-hybridized carbons (Fsp3) is 0.533. The summed E-state index contributed by atoms with van der Waals surface area (Å²) in [5.74, 6) is 0. The van der Waals surface area contributed by atoms with E-state index in [1.54, 1.807) is 11.3 Å². The molecule has 4 nitrogen and oxygen atoms in total. The Kier molecular flexibility index (Phi) is 3.77. The first-order chi connectivity index (χ1) is 9.58. The van der Waals surface area contributed by atoms with Crippen LogP contribution in [0, 0.1) is 0 Å². The maximum Gasteiger partial charge on any atom is 0.111 e. The normalized spacial score (nSPS) is 28.1. The molecule has 1 saturated heterocycles. The van der Waals surface area contributed by atoms with Crippen LogP contribution in [0.15, 0.2) is 24.3 Å². The molecule has 1 aliphatic rings. The summed E-state index contributed by atoms with van der Waals surface area (Å²) in [5.41, 5.74) is 0.280. The van der Waals surface area contributed by atoms with Crippen molar-refractivity contribution in [2.24, 2.45) is 0 Å². The fourth-order valence-corrected chi connectivity index (χ4v) is 3.49. The number of hydrogen-bond acceptors (Lipinski definition) is 5. The van der Waals surface area contributed by atoms with E-state index >= 15 is 0 Å². The summed E-state index contributed by atoms with van der Waals surface area (Å²) in [6, 6.07) is 8.28. The summed E-state index contributed by atoms with van der Waals surface area (Å²) in [5, 5.41) is 14.9. The van der Waals surface area contributed by atoms with E-state index in [9.17, 15) is 5.11 Å². The molecule has 2 heterocycles. The number of benzene rings is 1. The highest BCUT2D eigenvalue weighted by Gasteiger charge is 2.39. The molecule has 1 fully saturated rings. The summed E-state index contributed by atoms with van der Waals surface area (Å²) in [6.07, 6.45) is 0.575. The predicted octanol–water partition coefficient (Wildman–Crippen LogP) is 2.49. The Bertz CT molecular complexity index is 567. The van der Waals surface area contributed by atoms with Crippen LogP contribution in [-0.4, -0.2) is 34.9 Å². The molecule has 0 amide bonds. The van der Waals surface area contributed by atoms with Crippen molar-refractivity contribution >= 4 is 21.6 Å². The topological polar surface area (TPSA) is 54.4 Å². The molecule has 0 radical (unpaired) electrons. The third-order valence-electron chi connectivity index (χ3n) is 4.05. The first kappa shape index (κ1) is 13.9. The van der Waals surface area contributed by atoms with Gasteiger partial charge in [0.2, 0.25) is 0 Å². The molecular weight excluding hydrogens is 272 g/mol. The molecule has 5 heteroatoms. The van der Waals surface area contributed by atoms with Crippen molar-refractivity contribution in [2.75, 3.05) is 13.2 Å². The van der Waals surface area contributed by atoms with Crippen LogP contribution in [0.25, 0.3) is 10.2 Å². The lowest BCUT2D eigenvalue weighted by atomic mass is 9.96. The number of rotatable bonds is 4. The summed E-state index contributed by atoms with van der Waals surface area (Å²) in [7, 11) is 0. The lowest BCUT2D eigenvalue weighted by Crippen LogP contribution is -2.46. The zero-order valence-corrected chi connectivity index (χ0v) is 12.6. The highest BCUT2D eigenvalue weighted by Crippen LogP contribution is 2.28. The van der Waals surface area contributed by atoms with Crippen LogP contribution in [0.2, 0.25) is 0 Å². The van der Waals surface area contributed by atoms with Gasteiger partial charge in [-0.2, -0.15) is 0 Å².